The number of ether oxygens (including phenoxy) is 6. The lowest BCUT2D eigenvalue weighted by molar-refractivity contribution is -0.138. The number of anilines is 1. The first kappa shape index (κ1) is 42.9. The highest BCUT2D eigenvalue weighted by atomic mass is 35.5. The van der Waals surface area contributed by atoms with Gasteiger partial charge >= 0.3 is 5.97 Å². The molecule has 0 unspecified atom stereocenters. The molecule has 3 N–H and O–H groups in total. The summed E-state index contributed by atoms with van der Waals surface area (Å²) in [5.74, 6) is -0.185. The second-order valence-corrected chi connectivity index (χ2v) is 11.4. The zero-order chi connectivity index (χ0) is 33.1. The van der Waals surface area contributed by atoms with Crippen LogP contribution < -0.4 is 5.73 Å². The number of carboxylic acid groups (broad SMARTS) is 1. The molecule has 2 aromatic rings. The summed E-state index contributed by atoms with van der Waals surface area (Å²) >= 11 is 0. The minimum absolute atomic E-state index is 0. The minimum Gasteiger partial charge on any atom is -0.481 e. The van der Waals surface area contributed by atoms with Crippen LogP contribution in [0.5, 0.6) is 0 Å². The number of hydrogen-bond acceptors (Lipinski definition) is 10. The van der Waals surface area contributed by atoms with E-state index < -0.39 is 5.97 Å². The fourth-order valence-corrected chi connectivity index (χ4v) is 4.86. The van der Waals surface area contributed by atoms with Gasteiger partial charge < -0.3 is 44.2 Å². The third kappa shape index (κ3) is 21.5. The monoisotopic (exact) mass is 685 g/mol. The van der Waals surface area contributed by atoms with Crippen LogP contribution in [-0.2, 0) is 46.1 Å². The average molecular weight is 686 g/mol. The second-order valence-electron chi connectivity index (χ2n) is 11.4. The number of rotatable bonds is 31. The van der Waals surface area contributed by atoms with Gasteiger partial charge in [-0.05, 0) is 69.0 Å². The molecule has 12 heteroatoms. The van der Waals surface area contributed by atoms with Crippen molar-refractivity contribution in [3.8, 4) is 0 Å². The fraction of sp³-hybridized carbons (Fsp3) is 0.714. The Hall–Kier alpha value is -2.09. The number of nitrogens with zero attached hydrogens (tertiary/aromatic N) is 2. The van der Waals surface area contributed by atoms with Crippen LogP contribution in [0.3, 0.4) is 0 Å². The number of benzene rings is 1. The lowest BCUT2D eigenvalue weighted by atomic mass is 9.99. The predicted molar refractivity (Wildman–Crippen MR) is 189 cm³/mol. The molecule has 0 fully saturated rings. The van der Waals surface area contributed by atoms with Crippen LogP contribution in [0.4, 0.5) is 5.82 Å². The molecule has 0 saturated carbocycles. The van der Waals surface area contributed by atoms with E-state index in [-0.39, 0.29) is 25.4 Å². The number of unbranched alkanes of at least 4 members (excludes halogenated alkanes) is 4. The third-order valence-corrected chi connectivity index (χ3v) is 7.54. The van der Waals surface area contributed by atoms with Crippen molar-refractivity contribution < 1.29 is 38.3 Å². The van der Waals surface area contributed by atoms with E-state index in [4.69, 9.17) is 44.2 Å². The predicted octanol–water partition coefficient (Wildman–Crippen LogP) is 5.19. The molecule has 0 aliphatic carbocycles. The Morgan fingerprint density at radius 1 is 0.723 bits per heavy atom. The molecule has 1 aromatic heterocycles. The van der Waals surface area contributed by atoms with E-state index in [1.165, 1.54) is 42.2 Å². The van der Waals surface area contributed by atoms with Gasteiger partial charge in [-0.25, -0.2) is 4.98 Å². The molecule has 0 aliphatic rings. The molecule has 0 saturated heterocycles. The molecule has 1 heterocycles. The molecule has 0 atom stereocenters. The number of pyridine rings is 1. The zero-order valence-corrected chi connectivity index (χ0v) is 29.6. The van der Waals surface area contributed by atoms with Gasteiger partial charge in [0, 0.05) is 11.9 Å². The summed E-state index contributed by atoms with van der Waals surface area (Å²) in [7, 11) is 2.15. The Morgan fingerprint density at radius 3 is 1.83 bits per heavy atom. The number of likely N-dealkylation sites (N-methyl/N-ethyl adjacent to an activating group) is 1. The molecular weight excluding hydrogens is 626 g/mol. The van der Waals surface area contributed by atoms with Gasteiger partial charge in [0.1, 0.15) is 5.82 Å². The number of carbonyl (C=O) groups is 1. The zero-order valence-electron chi connectivity index (χ0n) is 28.8. The van der Waals surface area contributed by atoms with E-state index in [0.29, 0.717) is 78.5 Å². The Balaban J connectivity index is 0.0000110. The summed E-state index contributed by atoms with van der Waals surface area (Å²) in [5.41, 5.74) is 9.82. The fourth-order valence-electron chi connectivity index (χ4n) is 4.86. The Bertz CT molecular complexity index is 1060. The minimum atomic E-state index is -0.866. The van der Waals surface area contributed by atoms with Gasteiger partial charge in [-0.3, -0.25) is 4.79 Å². The van der Waals surface area contributed by atoms with E-state index in [1.54, 1.807) is 0 Å². The van der Waals surface area contributed by atoms with Crippen molar-refractivity contribution in [2.75, 3.05) is 105 Å². The van der Waals surface area contributed by atoms with Crippen LogP contribution in [-0.4, -0.2) is 120 Å². The van der Waals surface area contributed by atoms with Crippen LogP contribution in [0.25, 0.3) is 10.9 Å². The number of halogens is 1. The normalized spacial score (nSPS) is 11.4. The van der Waals surface area contributed by atoms with Crippen molar-refractivity contribution in [1.82, 2.24) is 9.88 Å². The average Bonchev–Trinajstić information content (AvgIpc) is 3.04. The van der Waals surface area contributed by atoms with Crippen LogP contribution in [0.2, 0.25) is 0 Å². The van der Waals surface area contributed by atoms with Crippen molar-refractivity contribution in [1.29, 1.82) is 0 Å². The molecule has 2 rings (SSSR count). The van der Waals surface area contributed by atoms with Gasteiger partial charge in [-0.1, -0.05) is 38.3 Å². The number of nitrogens with two attached hydrogens (primary N) is 1. The summed E-state index contributed by atoms with van der Waals surface area (Å²) in [4.78, 5) is 17.4. The van der Waals surface area contributed by atoms with Crippen LogP contribution in [0.1, 0.15) is 63.0 Å². The van der Waals surface area contributed by atoms with Crippen LogP contribution in [0, 0.1) is 0 Å². The third-order valence-electron chi connectivity index (χ3n) is 7.54. The van der Waals surface area contributed by atoms with Gasteiger partial charge in [0.15, 0.2) is 0 Å². The summed E-state index contributed by atoms with van der Waals surface area (Å²) in [6.45, 7) is 9.99. The van der Waals surface area contributed by atoms with Crippen molar-refractivity contribution in [3.63, 3.8) is 0 Å². The lowest BCUT2D eigenvalue weighted by Crippen LogP contribution is -2.25. The molecule has 0 aliphatic heterocycles. The van der Waals surface area contributed by atoms with Crippen LogP contribution >= 0.6 is 12.4 Å². The smallest absolute Gasteiger partial charge is 0.305 e. The van der Waals surface area contributed by atoms with Crippen molar-refractivity contribution >= 4 is 35.1 Å². The Morgan fingerprint density at radius 2 is 1.26 bits per heavy atom. The molecule has 0 radical (unpaired) electrons. The number of nitrogen functional groups attached to an aromatic ring is 1. The Labute approximate surface area is 288 Å². The number of fused-ring (bicyclic) bond motifs is 1. The maximum atomic E-state index is 10.4. The summed E-state index contributed by atoms with van der Waals surface area (Å²) in [6, 6.07) is 8.69. The maximum absolute atomic E-state index is 10.4. The van der Waals surface area contributed by atoms with Crippen molar-refractivity contribution in [2.45, 2.75) is 64.7 Å². The number of carboxylic acids is 1. The van der Waals surface area contributed by atoms with E-state index in [0.717, 1.165) is 44.3 Å². The van der Waals surface area contributed by atoms with Gasteiger partial charge in [0.25, 0.3) is 0 Å². The van der Waals surface area contributed by atoms with E-state index in [2.05, 4.69) is 43.1 Å². The number of aliphatic carboxylic acids is 1. The topological polar surface area (TPSA) is 135 Å². The molecule has 0 spiro atoms. The molecule has 0 amide bonds. The first-order chi connectivity index (χ1) is 22.5. The molecular formula is C35H60ClN3O8. The maximum Gasteiger partial charge on any atom is 0.305 e. The number of hydrogen-bond donors (Lipinski definition) is 2. The highest BCUT2D eigenvalue weighted by Gasteiger charge is 2.08. The first-order valence-electron chi connectivity index (χ1n) is 17.0. The van der Waals surface area contributed by atoms with Gasteiger partial charge in [-0.2, -0.15) is 0 Å². The quantitative estimate of drug-likeness (QED) is 0.102. The summed E-state index contributed by atoms with van der Waals surface area (Å²) in [5, 5.41) is 9.77. The number of aromatic nitrogens is 1. The van der Waals surface area contributed by atoms with Crippen molar-refractivity contribution in [2.24, 2.45) is 0 Å². The van der Waals surface area contributed by atoms with Gasteiger partial charge in [-0.15, -0.1) is 12.4 Å². The van der Waals surface area contributed by atoms with E-state index >= 15 is 0 Å². The molecule has 1 aromatic carbocycles. The standard InChI is InChI=1S/C35H59N3O8.ClH/c1-3-4-6-11-31-29-32-30(12-9-13-33(32)37-35(31)36)10-7-5-8-15-38(2)16-18-42-20-22-44-24-26-46-28-27-45-25-23-43-21-19-41-17-14-34(39)40;/h9,12-13,29H,3-8,10-11,14-28H2,1-2H3,(H2,36,37)(H,39,40);1H. The van der Waals surface area contributed by atoms with Gasteiger partial charge in [0.2, 0.25) is 0 Å². The lowest BCUT2D eigenvalue weighted by Gasteiger charge is -2.16. The van der Waals surface area contributed by atoms with Gasteiger partial charge in [0.05, 0.1) is 91.2 Å². The van der Waals surface area contributed by atoms with E-state index in [9.17, 15) is 4.79 Å². The largest absolute Gasteiger partial charge is 0.481 e. The highest BCUT2D eigenvalue weighted by Crippen LogP contribution is 2.25. The SMILES string of the molecule is CCCCCc1cc2c(CCCCCN(C)CCOCCOCCOCCOCCOCCOCCC(=O)O)cccc2nc1N.Cl. The molecule has 47 heavy (non-hydrogen) atoms. The van der Waals surface area contributed by atoms with Crippen LogP contribution in [0.15, 0.2) is 24.3 Å². The first-order valence-corrected chi connectivity index (χ1v) is 17.0. The molecule has 11 nitrogen and oxygen atoms in total. The molecule has 270 valence electrons. The molecule has 0 bridgehead atoms. The van der Waals surface area contributed by atoms with E-state index in [1.807, 2.05) is 0 Å². The number of aryl methyl sites for hydroxylation is 2. The summed E-state index contributed by atoms with van der Waals surface area (Å²) < 4.78 is 32.7. The Kier molecular flexibility index (Phi) is 26.4. The van der Waals surface area contributed by atoms with Crippen molar-refractivity contribution in [3.05, 3.63) is 35.4 Å². The summed E-state index contributed by atoms with van der Waals surface area (Å²) in [6.07, 6.45) is 9.20. The second kappa shape index (κ2) is 28.9. The highest BCUT2D eigenvalue weighted by molar-refractivity contribution is 5.85.